The van der Waals surface area contributed by atoms with Gasteiger partial charge in [-0.2, -0.15) is 4.31 Å². The van der Waals surface area contributed by atoms with Crippen LogP contribution in [0, 0.1) is 19.8 Å². The molecule has 6 nitrogen and oxygen atoms in total. The van der Waals surface area contributed by atoms with Gasteiger partial charge < -0.3 is 10.1 Å². The molecule has 0 aliphatic carbocycles. The van der Waals surface area contributed by atoms with Crippen molar-refractivity contribution in [3.63, 3.8) is 0 Å². The number of carbonyl (C=O) groups excluding carboxylic acids is 1. The van der Waals surface area contributed by atoms with E-state index in [-0.39, 0.29) is 23.3 Å². The SMILES string of the molecule is CCOc1ccc(S(=O)(=O)N2CCC[C@@H](C(=O)Nc3cccc(C)c3C)C2)cc1. The topological polar surface area (TPSA) is 75.7 Å². The summed E-state index contributed by atoms with van der Waals surface area (Å²) in [6.07, 6.45) is 1.33. The van der Waals surface area contributed by atoms with Gasteiger partial charge in [-0.05, 0) is 75.1 Å². The third-order valence-electron chi connectivity index (χ3n) is 5.39. The first kappa shape index (κ1) is 21.3. The minimum atomic E-state index is -3.65. The fourth-order valence-electron chi connectivity index (χ4n) is 3.52. The zero-order valence-corrected chi connectivity index (χ0v) is 18.0. The van der Waals surface area contributed by atoms with Crippen molar-refractivity contribution in [1.82, 2.24) is 4.31 Å². The van der Waals surface area contributed by atoms with E-state index in [0.29, 0.717) is 31.7 Å². The van der Waals surface area contributed by atoms with Gasteiger partial charge in [0.15, 0.2) is 0 Å². The van der Waals surface area contributed by atoms with E-state index in [0.717, 1.165) is 16.8 Å². The highest BCUT2D eigenvalue weighted by molar-refractivity contribution is 7.89. The molecule has 0 bridgehead atoms. The van der Waals surface area contributed by atoms with E-state index in [1.54, 1.807) is 24.3 Å². The van der Waals surface area contributed by atoms with Crippen LogP contribution in [0.1, 0.15) is 30.9 Å². The molecular weight excluding hydrogens is 388 g/mol. The number of hydrogen-bond acceptors (Lipinski definition) is 4. The normalized spacial score (nSPS) is 17.7. The molecule has 1 aliphatic heterocycles. The van der Waals surface area contributed by atoms with Gasteiger partial charge in [0.25, 0.3) is 0 Å². The van der Waals surface area contributed by atoms with Crippen LogP contribution in [0.2, 0.25) is 0 Å². The molecule has 1 N–H and O–H groups in total. The van der Waals surface area contributed by atoms with E-state index in [9.17, 15) is 13.2 Å². The summed E-state index contributed by atoms with van der Waals surface area (Å²) in [5.41, 5.74) is 2.91. The van der Waals surface area contributed by atoms with Crippen LogP contribution in [0.25, 0.3) is 0 Å². The maximum absolute atomic E-state index is 13.0. The summed E-state index contributed by atoms with van der Waals surface area (Å²) in [4.78, 5) is 13.0. The summed E-state index contributed by atoms with van der Waals surface area (Å²) < 4.78 is 32.9. The van der Waals surface area contributed by atoms with Crippen LogP contribution >= 0.6 is 0 Å². The molecule has 1 atom stereocenters. The van der Waals surface area contributed by atoms with Crippen LogP contribution in [0.3, 0.4) is 0 Å². The average Bonchev–Trinajstić information content (AvgIpc) is 2.72. The highest BCUT2D eigenvalue weighted by Gasteiger charge is 2.33. The number of ether oxygens (including phenoxy) is 1. The molecule has 7 heteroatoms. The van der Waals surface area contributed by atoms with Crippen LogP contribution in [-0.2, 0) is 14.8 Å². The molecule has 1 saturated heterocycles. The Morgan fingerprint density at radius 3 is 2.59 bits per heavy atom. The van der Waals surface area contributed by atoms with Crippen LogP contribution < -0.4 is 10.1 Å². The van der Waals surface area contributed by atoms with Crippen molar-refractivity contribution in [1.29, 1.82) is 0 Å². The summed E-state index contributed by atoms with van der Waals surface area (Å²) in [6, 6.07) is 12.2. The summed E-state index contributed by atoms with van der Waals surface area (Å²) in [6.45, 7) is 6.97. The number of amides is 1. The van der Waals surface area contributed by atoms with Crippen molar-refractivity contribution < 1.29 is 17.9 Å². The quantitative estimate of drug-likeness (QED) is 0.778. The Morgan fingerprint density at radius 2 is 1.90 bits per heavy atom. The standard InChI is InChI=1S/C22H28N2O4S/c1-4-28-19-10-12-20(13-11-19)29(26,27)24-14-6-8-18(15-24)22(25)23-21-9-5-7-16(2)17(21)3/h5,7,9-13,18H,4,6,8,14-15H2,1-3H3,(H,23,25)/t18-/m1/s1. The second-order valence-corrected chi connectivity index (χ2v) is 9.28. The van der Waals surface area contributed by atoms with Gasteiger partial charge in [0, 0.05) is 18.8 Å². The number of piperidine rings is 1. The van der Waals surface area contributed by atoms with Gasteiger partial charge in [0.05, 0.1) is 17.4 Å². The lowest BCUT2D eigenvalue weighted by Gasteiger charge is -2.31. The van der Waals surface area contributed by atoms with Crippen LogP contribution in [0.4, 0.5) is 5.69 Å². The second kappa shape index (κ2) is 8.97. The molecule has 0 aromatic heterocycles. The van der Waals surface area contributed by atoms with Crippen molar-refractivity contribution in [2.45, 2.75) is 38.5 Å². The van der Waals surface area contributed by atoms with E-state index >= 15 is 0 Å². The van der Waals surface area contributed by atoms with Gasteiger partial charge in [-0.3, -0.25) is 4.79 Å². The van der Waals surface area contributed by atoms with Crippen molar-refractivity contribution >= 4 is 21.6 Å². The van der Waals surface area contributed by atoms with Gasteiger partial charge in [-0.1, -0.05) is 12.1 Å². The van der Waals surface area contributed by atoms with E-state index in [1.165, 1.54) is 4.31 Å². The molecule has 3 rings (SSSR count). The molecule has 0 unspecified atom stereocenters. The Bertz CT molecular complexity index is 971. The Kier molecular flexibility index (Phi) is 6.59. The summed E-state index contributed by atoms with van der Waals surface area (Å²) in [5, 5.41) is 2.98. The molecule has 156 valence electrons. The molecule has 1 amide bonds. The number of sulfonamides is 1. The van der Waals surface area contributed by atoms with E-state index < -0.39 is 10.0 Å². The molecule has 2 aromatic carbocycles. The lowest BCUT2D eigenvalue weighted by Crippen LogP contribution is -2.43. The van der Waals surface area contributed by atoms with Gasteiger partial charge in [0.1, 0.15) is 5.75 Å². The monoisotopic (exact) mass is 416 g/mol. The number of benzene rings is 2. The zero-order valence-electron chi connectivity index (χ0n) is 17.1. The number of nitrogens with one attached hydrogen (secondary N) is 1. The fraction of sp³-hybridized carbons (Fsp3) is 0.409. The summed E-state index contributed by atoms with van der Waals surface area (Å²) >= 11 is 0. The van der Waals surface area contributed by atoms with Crippen molar-refractivity contribution in [3.05, 3.63) is 53.6 Å². The fourth-order valence-corrected chi connectivity index (χ4v) is 5.04. The van der Waals surface area contributed by atoms with Gasteiger partial charge in [-0.15, -0.1) is 0 Å². The Balaban J connectivity index is 1.72. The third-order valence-corrected chi connectivity index (χ3v) is 7.27. The van der Waals surface area contributed by atoms with Crippen LogP contribution in [0.5, 0.6) is 5.75 Å². The molecule has 29 heavy (non-hydrogen) atoms. The maximum Gasteiger partial charge on any atom is 0.243 e. The van der Waals surface area contributed by atoms with E-state index in [4.69, 9.17) is 4.74 Å². The number of hydrogen-bond donors (Lipinski definition) is 1. The molecule has 0 spiro atoms. The lowest BCUT2D eigenvalue weighted by molar-refractivity contribution is -0.120. The maximum atomic E-state index is 13.0. The second-order valence-electron chi connectivity index (χ2n) is 7.34. The highest BCUT2D eigenvalue weighted by atomic mass is 32.2. The Labute approximate surface area is 172 Å². The first-order chi connectivity index (χ1) is 13.8. The Hall–Kier alpha value is -2.38. The summed E-state index contributed by atoms with van der Waals surface area (Å²) in [5.74, 6) is 0.127. The van der Waals surface area contributed by atoms with Crippen molar-refractivity contribution in [3.8, 4) is 5.75 Å². The predicted molar refractivity (Wildman–Crippen MR) is 114 cm³/mol. The average molecular weight is 417 g/mol. The molecule has 2 aromatic rings. The minimum Gasteiger partial charge on any atom is -0.494 e. The predicted octanol–water partition coefficient (Wildman–Crippen LogP) is 3.74. The number of aryl methyl sites for hydroxylation is 1. The van der Waals surface area contributed by atoms with Crippen molar-refractivity contribution in [2.75, 3.05) is 25.0 Å². The van der Waals surface area contributed by atoms with Gasteiger partial charge in [-0.25, -0.2) is 8.42 Å². The molecule has 0 saturated carbocycles. The zero-order chi connectivity index (χ0) is 21.0. The number of nitrogens with zero attached hydrogens (tertiary/aromatic N) is 1. The van der Waals surface area contributed by atoms with Gasteiger partial charge in [0.2, 0.25) is 15.9 Å². The number of anilines is 1. The molecule has 1 fully saturated rings. The highest BCUT2D eigenvalue weighted by Crippen LogP contribution is 2.27. The third kappa shape index (κ3) is 4.79. The number of rotatable bonds is 6. The largest absolute Gasteiger partial charge is 0.494 e. The lowest BCUT2D eigenvalue weighted by atomic mass is 9.98. The van der Waals surface area contributed by atoms with E-state index in [2.05, 4.69) is 5.32 Å². The minimum absolute atomic E-state index is 0.134. The first-order valence-electron chi connectivity index (χ1n) is 9.93. The Morgan fingerprint density at radius 1 is 1.17 bits per heavy atom. The molecular formula is C22H28N2O4S. The number of carbonyl (C=O) groups is 1. The van der Waals surface area contributed by atoms with Crippen molar-refractivity contribution in [2.24, 2.45) is 5.92 Å². The van der Waals surface area contributed by atoms with Gasteiger partial charge >= 0.3 is 0 Å². The first-order valence-corrected chi connectivity index (χ1v) is 11.4. The smallest absolute Gasteiger partial charge is 0.243 e. The molecule has 1 aliphatic rings. The van der Waals surface area contributed by atoms with Crippen LogP contribution in [-0.4, -0.2) is 38.3 Å². The van der Waals surface area contributed by atoms with Crippen LogP contribution in [0.15, 0.2) is 47.4 Å². The molecule has 0 radical (unpaired) electrons. The summed E-state index contributed by atoms with van der Waals surface area (Å²) in [7, 11) is -3.65. The van der Waals surface area contributed by atoms with E-state index in [1.807, 2.05) is 39.0 Å². The molecule has 1 heterocycles.